The van der Waals surface area contributed by atoms with Crippen molar-refractivity contribution in [1.82, 2.24) is 20.4 Å². The van der Waals surface area contributed by atoms with E-state index in [2.05, 4.69) is 20.7 Å². The fourth-order valence-electron chi connectivity index (χ4n) is 2.47. The highest BCUT2D eigenvalue weighted by atomic mass is 19.4. The van der Waals surface area contributed by atoms with Crippen LogP contribution in [-0.4, -0.2) is 35.5 Å². The summed E-state index contributed by atoms with van der Waals surface area (Å²) in [6.07, 6.45) is -5.09. The van der Waals surface area contributed by atoms with E-state index in [4.69, 9.17) is 0 Å². The number of para-hydroxylation sites is 1. The first-order valence-electron chi connectivity index (χ1n) is 7.93. The van der Waals surface area contributed by atoms with Crippen LogP contribution in [0.5, 0.6) is 0 Å². The van der Waals surface area contributed by atoms with E-state index in [1.54, 1.807) is 0 Å². The number of aromatic nitrogens is 2. The molecule has 0 saturated carbocycles. The first-order valence-corrected chi connectivity index (χ1v) is 7.93. The Labute approximate surface area is 145 Å². The molecular formula is C17H22F3N5. The molecule has 136 valence electrons. The summed E-state index contributed by atoms with van der Waals surface area (Å²) in [6.45, 7) is 4.08. The highest BCUT2D eigenvalue weighted by Gasteiger charge is 2.26. The number of hydrogen-bond donors (Lipinski definition) is 2. The van der Waals surface area contributed by atoms with Gasteiger partial charge in [-0.2, -0.15) is 18.3 Å². The number of rotatable bonds is 5. The number of hydrogen-bond acceptors (Lipinski definition) is 2. The zero-order valence-corrected chi connectivity index (χ0v) is 14.5. The lowest BCUT2D eigenvalue weighted by molar-refractivity contribution is -0.132. The number of alkyl halides is 3. The SMILES string of the molecule is CN=C(NCCC(F)(F)F)NCc1c(C)nn(-c2ccccc2)c1C. The summed E-state index contributed by atoms with van der Waals surface area (Å²) >= 11 is 0. The average molecular weight is 353 g/mol. The van der Waals surface area contributed by atoms with Gasteiger partial charge in [0.15, 0.2) is 5.96 Å². The van der Waals surface area contributed by atoms with E-state index in [-0.39, 0.29) is 6.54 Å². The summed E-state index contributed by atoms with van der Waals surface area (Å²) in [5.74, 6) is 0.329. The second kappa shape index (κ2) is 8.04. The van der Waals surface area contributed by atoms with Crippen molar-refractivity contribution >= 4 is 5.96 Å². The molecule has 25 heavy (non-hydrogen) atoms. The van der Waals surface area contributed by atoms with Crippen LogP contribution >= 0.6 is 0 Å². The van der Waals surface area contributed by atoms with E-state index in [9.17, 15) is 13.2 Å². The Hall–Kier alpha value is -2.51. The van der Waals surface area contributed by atoms with Gasteiger partial charge in [-0.15, -0.1) is 0 Å². The Kier molecular flexibility index (Phi) is 6.06. The number of benzene rings is 1. The Bertz CT molecular complexity index is 720. The van der Waals surface area contributed by atoms with Gasteiger partial charge >= 0.3 is 6.18 Å². The van der Waals surface area contributed by atoms with Crippen LogP contribution in [0.2, 0.25) is 0 Å². The summed E-state index contributed by atoms with van der Waals surface area (Å²) in [5.41, 5.74) is 3.78. The summed E-state index contributed by atoms with van der Waals surface area (Å²) in [7, 11) is 1.52. The Balaban J connectivity index is 2.02. The molecule has 0 unspecified atom stereocenters. The minimum absolute atomic E-state index is 0.218. The third kappa shape index (κ3) is 5.23. The maximum absolute atomic E-state index is 12.2. The molecule has 0 fully saturated rings. The van der Waals surface area contributed by atoms with Gasteiger partial charge in [0.1, 0.15) is 0 Å². The van der Waals surface area contributed by atoms with Gasteiger partial charge < -0.3 is 10.6 Å². The molecule has 1 aromatic heterocycles. The van der Waals surface area contributed by atoms with Crippen LogP contribution in [0.15, 0.2) is 35.3 Å². The van der Waals surface area contributed by atoms with Crippen LogP contribution in [0.25, 0.3) is 5.69 Å². The van der Waals surface area contributed by atoms with Gasteiger partial charge in [0.05, 0.1) is 17.8 Å². The number of nitrogens with zero attached hydrogens (tertiary/aromatic N) is 3. The molecule has 0 radical (unpaired) electrons. The predicted molar refractivity (Wildman–Crippen MR) is 91.9 cm³/mol. The molecule has 5 nitrogen and oxygen atoms in total. The number of guanidine groups is 1. The molecule has 0 spiro atoms. The normalized spacial score (nSPS) is 12.3. The third-order valence-electron chi connectivity index (χ3n) is 3.80. The minimum atomic E-state index is -4.18. The van der Waals surface area contributed by atoms with Crippen molar-refractivity contribution in [2.24, 2.45) is 4.99 Å². The van der Waals surface area contributed by atoms with Crippen molar-refractivity contribution < 1.29 is 13.2 Å². The maximum atomic E-state index is 12.2. The second-order valence-electron chi connectivity index (χ2n) is 5.61. The molecule has 0 aliphatic carbocycles. The van der Waals surface area contributed by atoms with Gasteiger partial charge in [0.2, 0.25) is 0 Å². The Morgan fingerprint density at radius 1 is 1.16 bits per heavy atom. The first-order chi connectivity index (χ1) is 11.8. The number of aryl methyl sites for hydroxylation is 1. The van der Waals surface area contributed by atoms with Crippen LogP contribution in [0.1, 0.15) is 23.4 Å². The molecule has 0 atom stereocenters. The molecule has 8 heteroatoms. The molecule has 0 aliphatic rings. The lowest BCUT2D eigenvalue weighted by Crippen LogP contribution is -2.38. The van der Waals surface area contributed by atoms with E-state index in [0.29, 0.717) is 12.5 Å². The molecule has 2 aromatic rings. The number of halogens is 3. The fourth-order valence-corrected chi connectivity index (χ4v) is 2.47. The topological polar surface area (TPSA) is 54.2 Å². The van der Waals surface area contributed by atoms with Crippen molar-refractivity contribution in [3.63, 3.8) is 0 Å². The summed E-state index contributed by atoms with van der Waals surface area (Å²) < 4.78 is 38.5. The molecule has 2 rings (SSSR count). The molecule has 1 aromatic carbocycles. The number of aliphatic imine (C=N–C) groups is 1. The molecule has 0 saturated heterocycles. The van der Waals surface area contributed by atoms with Crippen molar-refractivity contribution in [3.8, 4) is 5.69 Å². The van der Waals surface area contributed by atoms with E-state index in [1.807, 2.05) is 48.9 Å². The highest BCUT2D eigenvalue weighted by Crippen LogP contribution is 2.19. The van der Waals surface area contributed by atoms with Gasteiger partial charge in [-0.05, 0) is 26.0 Å². The molecule has 1 heterocycles. The second-order valence-corrected chi connectivity index (χ2v) is 5.61. The Morgan fingerprint density at radius 3 is 2.44 bits per heavy atom. The van der Waals surface area contributed by atoms with Gasteiger partial charge in [-0.3, -0.25) is 4.99 Å². The van der Waals surface area contributed by atoms with Crippen molar-refractivity contribution in [2.75, 3.05) is 13.6 Å². The van der Waals surface area contributed by atoms with Crippen LogP contribution in [0.3, 0.4) is 0 Å². The zero-order valence-electron chi connectivity index (χ0n) is 14.5. The molecule has 0 amide bonds. The van der Waals surface area contributed by atoms with Gasteiger partial charge in [-0.25, -0.2) is 4.68 Å². The predicted octanol–water partition coefficient (Wildman–Crippen LogP) is 3.11. The monoisotopic (exact) mass is 353 g/mol. The van der Waals surface area contributed by atoms with Crippen LogP contribution in [0, 0.1) is 13.8 Å². The molecule has 0 aliphatic heterocycles. The van der Waals surface area contributed by atoms with E-state index < -0.39 is 12.6 Å². The quantitative estimate of drug-likeness (QED) is 0.642. The van der Waals surface area contributed by atoms with Crippen molar-refractivity contribution in [1.29, 1.82) is 0 Å². The maximum Gasteiger partial charge on any atom is 0.390 e. The lowest BCUT2D eigenvalue weighted by Gasteiger charge is -2.13. The highest BCUT2D eigenvalue weighted by molar-refractivity contribution is 5.79. The molecular weight excluding hydrogens is 331 g/mol. The minimum Gasteiger partial charge on any atom is -0.356 e. The lowest BCUT2D eigenvalue weighted by atomic mass is 10.2. The Morgan fingerprint density at radius 2 is 1.84 bits per heavy atom. The van der Waals surface area contributed by atoms with Crippen LogP contribution in [-0.2, 0) is 6.54 Å². The fraction of sp³-hybridized carbons (Fsp3) is 0.412. The van der Waals surface area contributed by atoms with Crippen molar-refractivity contribution in [3.05, 3.63) is 47.3 Å². The third-order valence-corrected chi connectivity index (χ3v) is 3.80. The average Bonchev–Trinajstić information content (AvgIpc) is 2.85. The standard InChI is InChI=1S/C17H22F3N5/c1-12-15(11-23-16(21-3)22-10-9-17(18,19)20)13(2)25(24-12)14-7-5-4-6-8-14/h4-8H,9-11H2,1-3H3,(H2,21,22,23). The summed E-state index contributed by atoms with van der Waals surface area (Å²) in [5, 5.41) is 10.2. The number of nitrogens with one attached hydrogen (secondary N) is 2. The molecule has 0 bridgehead atoms. The summed E-state index contributed by atoms with van der Waals surface area (Å²) in [4.78, 5) is 3.95. The van der Waals surface area contributed by atoms with E-state index in [0.717, 1.165) is 22.6 Å². The van der Waals surface area contributed by atoms with Gasteiger partial charge in [0.25, 0.3) is 0 Å². The molecule has 2 N–H and O–H groups in total. The van der Waals surface area contributed by atoms with Gasteiger partial charge in [-0.1, -0.05) is 18.2 Å². The van der Waals surface area contributed by atoms with Gasteiger partial charge in [0, 0.05) is 31.4 Å². The van der Waals surface area contributed by atoms with Crippen LogP contribution < -0.4 is 10.6 Å². The van der Waals surface area contributed by atoms with E-state index >= 15 is 0 Å². The largest absolute Gasteiger partial charge is 0.390 e. The first kappa shape index (κ1) is 18.8. The van der Waals surface area contributed by atoms with Crippen molar-refractivity contribution in [2.45, 2.75) is 33.0 Å². The summed E-state index contributed by atoms with van der Waals surface area (Å²) in [6, 6.07) is 9.75. The van der Waals surface area contributed by atoms with E-state index in [1.165, 1.54) is 7.05 Å². The zero-order chi connectivity index (χ0) is 18.4. The smallest absolute Gasteiger partial charge is 0.356 e. The van der Waals surface area contributed by atoms with Crippen LogP contribution in [0.4, 0.5) is 13.2 Å².